The van der Waals surface area contributed by atoms with Crippen molar-refractivity contribution < 1.29 is 4.74 Å². The van der Waals surface area contributed by atoms with E-state index in [9.17, 15) is 0 Å². The summed E-state index contributed by atoms with van der Waals surface area (Å²) in [5.41, 5.74) is 3.72. The number of hydrogen-bond acceptors (Lipinski definition) is 5. The number of aromatic nitrogens is 1. The molecular formula is C25H37IN6O. The molecule has 8 heteroatoms. The number of nitrogens with zero attached hydrogens (tertiary/aromatic N) is 4. The van der Waals surface area contributed by atoms with Crippen LogP contribution in [-0.4, -0.2) is 62.4 Å². The number of aryl methyl sites for hydroxylation is 1. The van der Waals surface area contributed by atoms with Gasteiger partial charge in [-0.3, -0.25) is 4.99 Å². The van der Waals surface area contributed by atoms with Gasteiger partial charge in [0.05, 0.1) is 12.2 Å². The Kier molecular flexibility index (Phi) is 9.19. The highest BCUT2D eigenvalue weighted by molar-refractivity contribution is 14.0. The lowest BCUT2D eigenvalue weighted by molar-refractivity contribution is -0.00545. The summed E-state index contributed by atoms with van der Waals surface area (Å²) in [6, 6.07) is 13.4. The van der Waals surface area contributed by atoms with Crippen LogP contribution in [0.2, 0.25) is 0 Å². The number of anilines is 2. The summed E-state index contributed by atoms with van der Waals surface area (Å²) in [4.78, 5) is 13.8. The van der Waals surface area contributed by atoms with E-state index in [0.717, 1.165) is 49.9 Å². The molecule has 3 atom stereocenters. The lowest BCUT2D eigenvalue weighted by Gasteiger charge is -2.36. The third-order valence-electron chi connectivity index (χ3n) is 6.16. The van der Waals surface area contributed by atoms with Gasteiger partial charge in [0.25, 0.3) is 0 Å². The summed E-state index contributed by atoms with van der Waals surface area (Å²) < 4.78 is 5.83. The van der Waals surface area contributed by atoms with Crippen LogP contribution >= 0.6 is 24.0 Å². The first kappa shape index (κ1) is 25.6. The second-order valence-electron chi connectivity index (χ2n) is 9.02. The minimum absolute atomic E-state index is 0. The molecule has 1 aromatic heterocycles. The SMILES string of the molecule is CN=C(NCc1ccc(N2CC(C)OC(C)C2)nc1)NC1CCN(c2ccc(C)cc2)C1.I. The summed E-state index contributed by atoms with van der Waals surface area (Å²) >= 11 is 0. The normalized spacial score (nSPS) is 23.3. The molecule has 1 aromatic carbocycles. The van der Waals surface area contributed by atoms with Crippen molar-refractivity contribution in [3.05, 3.63) is 53.7 Å². The van der Waals surface area contributed by atoms with Crippen molar-refractivity contribution in [1.82, 2.24) is 15.6 Å². The topological polar surface area (TPSA) is 65.0 Å². The lowest BCUT2D eigenvalue weighted by Crippen LogP contribution is -2.45. The van der Waals surface area contributed by atoms with Crippen molar-refractivity contribution in [2.24, 2.45) is 4.99 Å². The first-order valence-corrected chi connectivity index (χ1v) is 11.6. The quantitative estimate of drug-likeness (QED) is 0.329. The molecule has 0 spiro atoms. The molecule has 2 aliphatic rings. The predicted molar refractivity (Wildman–Crippen MR) is 147 cm³/mol. The van der Waals surface area contributed by atoms with Crippen molar-refractivity contribution in [3.63, 3.8) is 0 Å². The minimum Gasteiger partial charge on any atom is -0.372 e. The maximum Gasteiger partial charge on any atom is 0.191 e. The molecule has 2 fully saturated rings. The van der Waals surface area contributed by atoms with Gasteiger partial charge in [-0.05, 0) is 51.0 Å². The summed E-state index contributed by atoms with van der Waals surface area (Å²) in [5.74, 6) is 1.85. The third-order valence-corrected chi connectivity index (χ3v) is 6.16. The number of hydrogen-bond donors (Lipinski definition) is 2. The zero-order valence-electron chi connectivity index (χ0n) is 20.1. The number of halogens is 1. The first-order chi connectivity index (χ1) is 15.5. The van der Waals surface area contributed by atoms with Crippen LogP contribution in [0, 0.1) is 6.92 Å². The highest BCUT2D eigenvalue weighted by Gasteiger charge is 2.24. The summed E-state index contributed by atoms with van der Waals surface area (Å²) in [6.45, 7) is 10.8. The molecule has 0 radical (unpaired) electrons. The average molecular weight is 565 g/mol. The lowest BCUT2D eigenvalue weighted by atomic mass is 10.2. The van der Waals surface area contributed by atoms with Crippen LogP contribution in [0.15, 0.2) is 47.6 Å². The van der Waals surface area contributed by atoms with Gasteiger partial charge in [-0.25, -0.2) is 4.98 Å². The number of benzene rings is 1. The number of nitrogens with one attached hydrogen (secondary N) is 2. The van der Waals surface area contributed by atoms with E-state index in [1.54, 1.807) is 0 Å². The van der Waals surface area contributed by atoms with Crippen LogP contribution in [0.3, 0.4) is 0 Å². The highest BCUT2D eigenvalue weighted by Crippen LogP contribution is 2.21. The molecule has 180 valence electrons. The fourth-order valence-electron chi connectivity index (χ4n) is 4.52. The monoisotopic (exact) mass is 564 g/mol. The van der Waals surface area contributed by atoms with E-state index in [2.05, 4.69) is 82.6 Å². The zero-order valence-corrected chi connectivity index (χ0v) is 22.5. The summed E-state index contributed by atoms with van der Waals surface area (Å²) in [5, 5.41) is 7.01. The van der Waals surface area contributed by atoms with Crippen molar-refractivity contribution in [1.29, 1.82) is 0 Å². The Labute approximate surface area is 215 Å². The van der Waals surface area contributed by atoms with Crippen molar-refractivity contribution in [3.8, 4) is 0 Å². The molecule has 2 saturated heterocycles. The molecule has 2 aromatic rings. The van der Waals surface area contributed by atoms with Crippen molar-refractivity contribution >= 4 is 41.4 Å². The second-order valence-corrected chi connectivity index (χ2v) is 9.02. The van der Waals surface area contributed by atoms with Gasteiger partial charge in [0.2, 0.25) is 0 Å². The molecule has 0 aliphatic carbocycles. The van der Waals surface area contributed by atoms with Gasteiger partial charge in [-0.1, -0.05) is 23.8 Å². The maximum absolute atomic E-state index is 5.83. The molecule has 2 N–H and O–H groups in total. The van der Waals surface area contributed by atoms with Crippen LogP contribution in [0.1, 0.15) is 31.4 Å². The number of aliphatic imine (C=N–C) groups is 1. The van der Waals surface area contributed by atoms with Gasteiger partial charge in [0, 0.05) is 57.7 Å². The Morgan fingerprint density at radius 1 is 1.06 bits per heavy atom. The molecule has 3 heterocycles. The first-order valence-electron chi connectivity index (χ1n) is 11.6. The van der Waals surface area contributed by atoms with E-state index in [1.165, 1.54) is 11.3 Å². The number of guanidine groups is 1. The standard InChI is InChI=1S/C25H36N6O.HI/c1-18-5-8-23(9-6-18)30-12-11-22(17-30)29-25(26-4)28-14-21-7-10-24(27-13-21)31-15-19(2)32-20(3)16-31;/h5-10,13,19-20,22H,11-12,14-17H2,1-4H3,(H2,26,28,29);1H. The fraction of sp³-hybridized carbons (Fsp3) is 0.520. The number of ether oxygens (including phenoxy) is 1. The number of pyridine rings is 1. The Balaban J connectivity index is 0.00000306. The van der Waals surface area contributed by atoms with Gasteiger partial charge in [0.15, 0.2) is 5.96 Å². The fourth-order valence-corrected chi connectivity index (χ4v) is 4.52. The molecule has 2 aliphatic heterocycles. The average Bonchev–Trinajstić information content (AvgIpc) is 3.25. The van der Waals surface area contributed by atoms with Gasteiger partial charge in [0.1, 0.15) is 5.82 Å². The predicted octanol–water partition coefficient (Wildman–Crippen LogP) is 3.57. The van der Waals surface area contributed by atoms with Crippen molar-refractivity contribution in [2.75, 3.05) is 43.0 Å². The molecule has 3 unspecified atom stereocenters. The molecule has 0 amide bonds. The molecular weight excluding hydrogens is 527 g/mol. The maximum atomic E-state index is 5.83. The number of morpholine rings is 1. The Morgan fingerprint density at radius 3 is 2.42 bits per heavy atom. The van der Waals surface area contributed by atoms with Gasteiger partial charge in [-0.15, -0.1) is 24.0 Å². The summed E-state index contributed by atoms with van der Waals surface area (Å²) in [7, 11) is 1.82. The Morgan fingerprint density at radius 2 is 1.79 bits per heavy atom. The number of rotatable bonds is 5. The van der Waals surface area contributed by atoms with Crippen LogP contribution in [0.5, 0.6) is 0 Å². The van der Waals surface area contributed by atoms with E-state index < -0.39 is 0 Å². The van der Waals surface area contributed by atoms with E-state index in [4.69, 9.17) is 9.72 Å². The second kappa shape index (κ2) is 11.9. The van der Waals surface area contributed by atoms with E-state index in [1.807, 2.05) is 13.2 Å². The smallest absolute Gasteiger partial charge is 0.191 e. The molecule has 33 heavy (non-hydrogen) atoms. The third kappa shape index (κ3) is 6.96. The Hall–Kier alpha value is -2.07. The molecule has 7 nitrogen and oxygen atoms in total. The van der Waals surface area contributed by atoms with Gasteiger partial charge >= 0.3 is 0 Å². The van der Waals surface area contributed by atoms with Gasteiger partial charge < -0.3 is 25.2 Å². The molecule has 0 saturated carbocycles. The van der Waals surface area contributed by atoms with E-state index in [0.29, 0.717) is 12.6 Å². The molecule has 0 bridgehead atoms. The molecule has 4 rings (SSSR count). The van der Waals surface area contributed by atoms with Gasteiger partial charge in [-0.2, -0.15) is 0 Å². The van der Waals surface area contributed by atoms with Crippen LogP contribution in [0.4, 0.5) is 11.5 Å². The largest absolute Gasteiger partial charge is 0.372 e. The highest BCUT2D eigenvalue weighted by atomic mass is 127. The van der Waals surface area contributed by atoms with E-state index >= 15 is 0 Å². The Bertz CT molecular complexity index is 894. The van der Waals surface area contributed by atoms with E-state index in [-0.39, 0.29) is 36.2 Å². The van der Waals surface area contributed by atoms with Crippen LogP contribution < -0.4 is 20.4 Å². The minimum atomic E-state index is 0. The van der Waals surface area contributed by atoms with Crippen LogP contribution in [0.25, 0.3) is 0 Å². The summed E-state index contributed by atoms with van der Waals surface area (Å²) in [6.07, 6.45) is 3.51. The van der Waals surface area contributed by atoms with Crippen LogP contribution in [-0.2, 0) is 11.3 Å². The van der Waals surface area contributed by atoms with Crippen molar-refractivity contribution in [2.45, 2.75) is 52.0 Å². The zero-order chi connectivity index (χ0) is 22.5.